The summed E-state index contributed by atoms with van der Waals surface area (Å²) in [7, 11) is 1.61. The molecule has 1 aromatic heterocycles. The van der Waals surface area contributed by atoms with Crippen molar-refractivity contribution in [1.29, 1.82) is 0 Å². The number of rotatable bonds is 5. The van der Waals surface area contributed by atoms with E-state index in [-0.39, 0.29) is 12.5 Å². The maximum atomic E-state index is 12.5. The van der Waals surface area contributed by atoms with Crippen LogP contribution in [0.15, 0.2) is 41.4 Å². The standard InChI is InChI=1S/C15H16F3N3OS/c1-20(9-11-3-5-12(23-2)6-4-11)14(22)10-21-8-7-13(19-21)15(16,17)18/h3-8H,9-10H2,1-2H3. The molecular formula is C15H16F3N3OS. The molecule has 0 N–H and O–H groups in total. The number of amides is 1. The number of benzene rings is 1. The van der Waals surface area contributed by atoms with Crippen molar-refractivity contribution in [2.75, 3.05) is 13.3 Å². The predicted molar refractivity (Wildman–Crippen MR) is 81.9 cm³/mol. The molecule has 0 bridgehead atoms. The fourth-order valence-electron chi connectivity index (χ4n) is 1.95. The fraction of sp³-hybridized carbons (Fsp3) is 0.333. The van der Waals surface area contributed by atoms with E-state index >= 15 is 0 Å². The van der Waals surface area contributed by atoms with Gasteiger partial charge in [0.25, 0.3) is 0 Å². The number of aromatic nitrogens is 2. The molecule has 1 aromatic carbocycles. The first-order valence-electron chi connectivity index (χ1n) is 6.77. The zero-order valence-electron chi connectivity index (χ0n) is 12.7. The lowest BCUT2D eigenvalue weighted by molar-refractivity contribution is -0.142. The molecular weight excluding hydrogens is 327 g/mol. The van der Waals surface area contributed by atoms with Gasteiger partial charge in [0.2, 0.25) is 5.91 Å². The molecule has 0 radical (unpaired) electrons. The van der Waals surface area contributed by atoms with Gasteiger partial charge in [-0.1, -0.05) is 12.1 Å². The minimum absolute atomic E-state index is 0.227. The van der Waals surface area contributed by atoms with E-state index < -0.39 is 11.9 Å². The number of likely N-dealkylation sites (N-methyl/N-ethyl adjacent to an activating group) is 1. The van der Waals surface area contributed by atoms with E-state index in [0.29, 0.717) is 6.54 Å². The molecule has 0 fully saturated rings. The number of thioether (sulfide) groups is 1. The monoisotopic (exact) mass is 343 g/mol. The molecule has 2 aromatic rings. The first-order valence-corrected chi connectivity index (χ1v) is 7.99. The van der Waals surface area contributed by atoms with E-state index in [2.05, 4.69) is 5.10 Å². The highest BCUT2D eigenvalue weighted by molar-refractivity contribution is 7.98. The zero-order chi connectivity index (χ0) is 17.0. The van der Waals surface area contributed by atoms with Crippen LogP contribution in [0, 0.1) is 0 Å². The molecule has 0 atom stereocenters. The Morgan fingerprint density at radius 2 is 1.91 bits per heavy atom. The molecule has 23 heavy (non-hydrogen) atoms. The van der Waals surface area contributed by atoms with Crippen LogP contribution in [-0.4, -0.2) is 33.9 Å². The van der Waals surface area contributed by atoms with Gasteiger partial charge in [-0.3, -0.25) is 9.48 Å². The first-order chi connectivity index (χ1) is 10.8. The van der Waals surface area contributed by atoms with Gasteiger partial charge in [0.1, 0.15) is 6.54 Å². The molecule has 124 valence electrons. The highest BCUT2D eigenvalue weighted by Gasteiger charge is 2.33. The fourth-order valence-corrected chi connectivity index (χ4v) is 2.36. The number of carbonyl (C=O) groups is 1. The summed E-state index contributed by atoms with van der Waals surface area (Å²) in [6.07, 6.45) is -1.37. The number of alkyl halides is 3. The lowest BCUT2D eigenvalue weighted by Gasteiger charge is -2.17. The number of hydrogen-bond acceptors (Lipinski definition) is 3. The number of hydrogen-bond donors (Lipinski definition) is 0. The third-order valence-corrected chi connectivity index (χ3v) is 3.98. The lowest BCUT2D eigenvalue weighted by Crippen LogP contribution is -2.30. The van der Waals surface area contributed by atoms with Crippen LogP contribution in [0.2, 0.25) is 0 Å². The predicted octanol–water partition coefficient (Wildman–Crippen LogP) is 3.28. The number of halogens is 3. The average molecular weight is 343 g/mol. The van der Waals surface area contributed by atoms with Gasteiger partial charge < -0.3 is 4.90 Å². The third-order valence-electron chi connectivity index (χ3n) is 3.23. The molecule has 1 heterocycles. The number of carbonyl (C=O) groups excluding carboxylic acids is 1. The molecule has 0 spiro atoms. The summed E-state index contributed by atoms with van der Waals surface area (Å²) in [5.74, 6) is -0.309. The second-order valence-corrected chi connectivity index (χ2v) is 5.87. The Hall–Kier alpha value is -1.96. The van der Waals surface area contributed by atoms with Gasteiger partial charge in [0.05, 0.1) is 0 Å². The summed E-state index contributed by atoms with van der Waals surface area (Å²) in [5.41, 5.74) is -0.0456. The topological polar surface area (TPSA) is 38.1 Å². The highest BCUT2D eigenvalue weighted by Crippen LogP contribution is 2.27. The quantitative estimate of drug-likeness (QED) is 0.782. The van der Waals surface area contributed by atoms with Gasteiger partial charge >= 0.3 is 6.18 Å². The molecule has 0 saturated heterocycles. The molecule has 2 rings (SSSR count). The van der Waals surface area contributed by atoms with E-state index in [1.807, 2.05) is 30.5 Å². The smallest absolute Gasteiger partial charge is 0.340 e. The van der Waals surface area contributed by atoms with Gasteiger partial charge in [-0.05, 0) is 30.0 Å². The summed E-state index contributed by atoms with van der Waals surface area (Å²) in [4.78, 5) is 14.7. The molecule has 0 aliphatic rings. The Kier molecular flexibility index (Phi) is 5.35. The first kappa shape index (κ1) is 17.4. The van der Waals surface area contributed by atoms with E-state index in [1.54, 1.807) is 18.8 Å². The van der Waals surface area contributed by atoms with E-state index in [1.165, 1.54) is 4.90 Å². The van der Waals surface area contributed by atoms with Crippen molar-refractivity contribution >= 4 is 17.7 Å². The van der Waals surface area contributed by atoms with Gasteiger partial charge in [-0.15, -0.1) is 11.8 Å². The summed E-state index contributed by atoms with van der Waals surface area (Å²) in [6, 6.07) is 8.62. The summed E-state index contributed by atoms with van der Waals surface area (Å²) < 4.78 is 38.4. The maximum Gasteiger partial charge on any atom is 0.435 e. The molecule has 0 aliphatic carbocycles. The minimum Gasteiger partial charge on any atom is -0.340 e. The van der Waals surface area contributed by atoms with Crippen LogP contribution in [0.25, 0.3) is 0 Å². The van der Waals surface area contributed by atoms with Crippen LogP contribution in [-0.2, 0) is 24.1 Å². The van der Waals surface area contributed by atoms with Gasteiger partial charge in [0, 0.05) is 24.7 Å². The van der Waals surface area contributed by atoms with Crippen molar-refractivity contribution in [3.63, 3.8) is 0 Å². The zero-order valence-corrected chi connectivity index (χ0v) is 13.5. The highest BCUT2D eigenvalue weighted by atomic mass is 32.2. The van der Waals surface area contributed by atoms with Gasteiger partial charge in [-0.2, -0.15) is 18.3 Å². The van der Waals surface area contributed by atoms with Crippen molar-refractivity contribution < 1.29 is 18.0 Å². The Bertz CT molecular complexity index is 667. The van der Waals surface area contributed by atoms with Crippen molar-refractivity contribution in [2.24, 2.45) is 0 Å². The lowest BCUT2D eigenvalue weighted by atomic mass is 10.2. The van der Waals surface area contributed by atoms with Crippen LogP contribution < -0.4 is 0 Å². The Morgan fingerprint density at radius 3 is 2.43 bits per heavy atom. The van der Waals surface area contributed by atoms with Crippen LogP contribution in [0.1, 0.15) is 11.3 Å². The van der Waals surface area contributed by atoms with E-state index in [4.69, 9.17) is 0 Å². The second-order valence-electron chi connectivity index (χ2n) is 4.99. The van der Waals surface area contributed by atoms with Gasteiger partial charge in [0.15, 0.2) is 5.69 Å². The van der Waals surface area contributed by atoms with Crippen molar-refractivity contribution in [2.45, 2.75) is 24.2 Å². The van der Waals surface area contributed by atoms with E-state index in [0.717, 1.165) is 27.4 Å². The van der Waals surface area contributed by atoms with Gasteiger partial charge in [-0.25, -0.2) is 0 Å². The van der Waals surface area contributed by atoms with E-state index in [9.17, 15) is 18.0 Å². The van der Waals surface area contributed by atoms with Crippen LogP contribution in [0.3, 0.4) is 0 Å². The average Bonchev–Trinajstić information content (AvgIpc) is 2.96. The molecule has 0 aliphatic heterocycles. The SMILES string of the molecule is CSc1ccc(CN(C)C(=O)Cn2ccc(C(F)(F)F)n2)cc1. The Labute approximate surface area is 136 Å². The third kappa shape index (κ3) is 4.75. The molecule has 0 unspecified atom stereocenters. The summed E-state index contributed by atoms with van der Waals surface area (Å²) >= 11 is 1.62. The van der Waals surface area contributed by atoms with Crippen LogP contribution in [0.4, 0.5) is 13.2 Å². The molecule has 0 saturated carbocycles. The maximum absolute atomic E-state index is 12.5. The molecule has 4 nitrogen and oxygen atoms in total. The van der Waals surface area contributed by atoms with Crippen LogP contribution >= 0.6 is 11.8 Å². The van der Waals surface area contributed by atoms with Crippen LogP contribution in [0.5, 0.6) is 0 Å². The largest absolute Gasteiger partial charge is 0.435 e. The second kappa shape index (κ2) is 7.08. The minimum atomic E-state index is -4.50. The Morgan fingerprint density at radius 1 is 1.26 bits per heavy atom. The number of nitrogens with zero attached hydrogens (tertiary/aromatic N) is 3. The molecule has 8 heteroatoms. The Balaban J connectivity index is 1.95. The van der Waals surface area contributed by atoms with Crippen molar-refractivity contribution in [3.8, 4) is 0 Å². The van der Waals surface area contributed by atoms with Crippen molar-refractivity contribution in [1.82, 2.24) is 14.7 Å². The summed E-state index contributed by atoms with van der Waals surface area (Å²) in [6.45, 7) is 0.163. The normalized spacial score (nSPS) is 11.5. The van der Waals surface area contributed by atoms with Crippen molar-refractivity contribution in [3.05, 3.63) is 47.8 Å². The summed E-state index contributed by atoms with van der Waals surface area (Å²) in [5, 5.41) is 3.38. The molecule has 1 amide bonds.